The zero-order chi connectivity index (χ0) is 14.8. The molecule has 1 aliphatic rings. The third-order valence-corrected chi connectivity index (χ3v) is 4.27. The first-order valence-corrected chi connectivity index (χ1v) is 8.04. The number of nitrogens with zero attached hydrogens (tertiary/aromatic N) is 2. The van der Waals surface area contributed by atoms with Gasteiger partial charge in [0, 0.05) is 26.7 Å². The third-order valence-electron chi connectivity index (χ3n) is 3.35. The molecule has 3 N–H and O–H groups in total. The number of aryl methyl sites for hydroxylation is 1. The van der Waals surface area contributed by atoms with Crippen LogP contribution < -0.4 is 10.5 Å². The van der Waals surface area contributed by atoms with E-state index in [2.05, 4.69) is 15.2 Å². The first-order valence-electron chi connectivity index (χ1n) is 6.50. The number of sulfonamides is 1. The van der Waals surface area contributed by atoms with Crippen LogP contribution in [0.4, 0.5) is 0 Å². The zero-order valence-electron chi connectivity index (χ0n) is 11.8. The summed E-state index contributed by atoms with van der Waals surface area (Å²) >= 11 is 0. The fourth-order valence-corrected chi connectivity index (χ4v) is 2.73. The van der Waals surface area contributed by atoms with Crippen molar-refractivity contribution in [1.29, 1.82) is 0 Å². The summed E-state index contributed by atoms with van der Waals surface area (Å²) in [4.78, 5) is 6.65. The minimum atomic E-state index is -3.64. The van der Waals surface area contributed by atoms with Crippen molar-refractivity contribution in [3.8, 4) is 0 Å². The van der Waals surface area contributed by atoms with Gasteiger partial charge in [-0.3, -0.25) is 4.99 Å². The first-order chi connectivity index (χ1) is 9.38. The molecule has 0 spiro atoms. The Hall–Kier alpha value is -1.60. The Balaban J connectivity index is 2.09. The second-order valence-electron chi connectivity index (χ2n) is 4.97. The third kappa shape index (κ3) is 3.49. The van der Waals surface area contributed by atoms with Gasteiger partial charge in [-0.2, -0.15) is 0 Å². The minimum absolute atomic E-state index is 0.144. The Morgan fingerprint density at radius 3 is 2.80 bits per heavy atom. The van der Waals surface area contributed by atoms with Crippen molar-refractivity contribution in [2.45, 2.75) is 24.8 Å². The van der Waals surface area contributed by atoms with E-state index in [0.717, 1.165) is 36.6 Å². The van der Waals surface area contributed by atoms with Gasteiger partial charge >= 0.3 is 0 Å². The van der Waals surface area contributed by atoms with Crippen LogP contribution in [0.25, 0.3) is 0 Å². The second kappa shape index (κ2) is 5.80. The minimum Gasteiger partial charge on any atom is -0.352 e. The Morgan fingerprint density at radius 1 is 1.45 bits per heavy atom. The van der Waals surface area contributed by atoms with Gasteiger partial charge in [0.15, 0.2) is 5.96 Å². The summed E-state index contributed by atoms with van der Waals surface area (Å²) < 4.78 is 22.6. The van der Waals surface area contributed by atoms with Crippen LogP contribution in [0.15, 0.2) is 28.1 Å². The lowest BCUT2D eigenvalue weighted by Crippen LogP contribution is -2.41. The molecule has 0 saturated carbocycles. The molecule has 1 heterocycles. The maximum atomic E-state index is 11.3. The second-order valence-corrected chi connectivity index (χ2v) is 6.53. The van der Waals surface area contributed by atoms with Gasteiger partial charge in [0.05, 0.1) is 4.90 Å². The number of hydrogen-bond donors (Lipinski definition) is 2. The molecule has 0 unspecified atom stereocenters. The van der Waals surface area contributed by atoms with Gasteiger partial charge in [-0.15, -0.1) is 0 Å². The highest BCUT2D eigenvalue weighted by Gasteiger charge is 2.12. The molecule has 0 amide bonds. The number of nitrogens with two attached hydrogens (primary N) is 1. The van der Waals surface area contributed by atoms with Gasteiger partial charge in [0.25, 0.3) is 0 Å². The average Bonchev–Trinajstić information content (AvgIpc) is 2.38. The molecule has 0 saturated heterocycles. The first kappa shape index (κ1) is 14.8. The van der Waals surface area contributed by atoms with Crippen molar-refractivity contribution >= 4 is 16.0 Å². The predicted octanol–water partition coefficient (Wildman–Crippen LogP) is 0.424. The molecular weight excluding hydrogens is 276 g/mol. The van der Waals surface area contributed by atoms with E-state index in [9.17, 15) is 8.42 Å². The summed E-state index contributed by atoms with van der Waals surface area (Å²) in [5.74, 6) is 0.881. The number of nitrogens with one attached hydrogen (secondary N) is 1. The molecule has 0 bridgehead atoms. The largest absolute Gasteiger partial charge is 0.352 e. The molecule has 2 rings (SSSR count). The van der Waals surface area contributed by atoms with Crippen molar-refractivity contribution < 1.29 is 8.42 Å². The van der Waals surface area contributed by atoms with Crippen LogP contribution in [-0.4, -0.2) is 39.4 Å². The standard InChI is InChI=1S/C13H20N4O2S/c1-10-8-12(20(14,18)19)5-4-11(10)9-16-13-15-6-3-7-17(13)2/h4-5,8H,3,6-7,9H2,1-2H3,(H,15,16)(H2,14,18,19). The number of benzene rings is 1. The molecule has 0 atom stereocenters. The van der Waals surface area contributed by atoms with Crippen LogP contribution in [0.5, 0.6) is 0 Å². The van der Waals surface area contributed by atoms with E-state index >= 15 is 0 Å². The lowest BCUT2D eigenvalue weighted by molar-refractivity contribution is 0.446. The van der Waals surface area contributed by atoms with E-state index in [0.29, 0.717) is 6.54 Å². The van der Waals surface area contributed by atoms with E-state index in [1.807, 2.05) is 14.0 Å². The molecule has 0 aromatic heterocycles. The summed E-state index contributed by atoms with van der Waals surface area (Å²) in [6.45, 7) is 4.32. The maximum absolute atomic E-state index is 11.3. The summed E-state index contributed by atoms with van der Waals surface area (Å²) in [5, 5.41) is 8.40. The molecule has 0 fully saturated rings. The number of rotatable bonds is 3. The van der Waals surface area contributed by atoms with E-state index in [1.54, 1.807) is 12.1 Å². The summed E-state index contributed by atoms with van der Waals surface area (Å²) in [7, 11) is -1.64. The summed E-state index contributed by atoms with van der Waals surface area (Å²) in [5.41, 5.74) is 1.92. The molecule has 1 aliphatic heterocycles. The lowest BCUT2D eigenvalue weighted by Gasteiger charge is -2.26. The van der Waals surface area contributed by atoms with Crippen LogP contribution in [0.2, 0.25) is 0 Å². The summed E-state index contributed by atoms with van der Waals surface area (Å²) in [6.07, 6.45) is 1.07. The van der Waals surface area contributed by atoms with Crippen molar-refractivity contribution in [2.24, 2.45) is 10.1 Å². The van der Waals surface area contributed by atoms with Crippen molar-refractivity contribution in [3.63, 3.8) is 0 Å². The highest BCUT2D eigenvalue weighted by molar-refractivity contribution is 7.89. The Bertz CT molecular complexity index is 625. The molecular formula is C13H20N4O2S. The molecule has 0 aliphatic carbocycles. The normalized spacial score (nSPS) is 15.9. The fraction of sp³-hybridized carbons (Fsp3) is 0.462. The number of aliphatic imine (C=N–C) groups is 1. The maximum Gasteiger partial charge on any atom is 0.238 e. The highest BCUT2D eigenvalue weighted by atomic mass is 32.2. The fourth-order valence-electron chi connectivity index (χ4n) is 2.13. The van der Waals surface area contributed by atoms with E-state index < -0.39 is 10.0 Å². The SMILES string of the molecule is Cc1cc(S(N)(=O)=O)ccc1CNC1=NCCCN1C. The molecule has 7 heteroatoms. The highest BCUT2D eigenvalue weighted by Crippen LogP contribution is 2.14. The zero-order valence-corrected chi connectivity index (χ0v) is 12.6. The van der Waals surface area contributed by atoms with Crippen LogP contribution in [0, 0.1) is 6.92 Å². The van der Waals surface area contributed by atoms with Gasteiger partial charge in [-0.1, -0.05) is 6.07 Å². The van der Waals surface area contributed by atoms with E-state index in [-0.39, 0.29) is 4.90 Å². The molecule has 1 aromatic carbocycles. The summed E-state index contributed by atoms with van der Waals surface area (Å²) in [6, 6.07) is 4.91. The Kier molecular flexibility index (Phi) is 4.29. The van der Waals surface area contributed by atoms with Gasteiger partial charge in [0.2, 0.25) is 10.0 Å². The number of primary sulfonamides is 1. The van der Waals surface area contributed by atoms with E-state index in [1.165, 1.54) is 6.07 Å². The van der Waals surface area contributed by atoms with Crippen molar-refractivity contribution in [3.05, 3.63) is 29.3 Å². The van der Waals surface area contributed by atoms with Crippen LogP contribution in [-0.2, 0) is 16.6 Å². The van der Waals surface area contributed by atoms with Crippen LogP contribution in [0.3, 0.4) is 0 Å². The number of guanidine groups is 1. The Morgan fingerprint density at radius 2 is 2.20 bits per heavy atom. The van der Waals surface area contributed by atoms with Crippen molar-refractivity contribution in [1.82, 2.24) is 10.2 Å². The lowest BCUT2D eigenvalue weighted by atomic mass is 10.1. The quantitative estimate of drug-likeness (QED) is 0.846. The molecule has 110 valence electrons. The van der Waals surface area contributed by atoms with Crippen LogP contribution in [0.1, 0.15) is 17.5 Å². The van der Waals surface area contributed by atoms with Gasteiger partial charge < -0.3 is 10.2 Å². The predicted molar refractivity (Wildman–Crippen MR) is 78.9 cm³/mol. The van der Waals surface area contributed by atoms with Gasteiger partial charge in [-0.05, 0) is 36.6 Å². The van der Waals surface area contributed by atoms with E-state index in [4.69, 9.17) is 5.14 Å². The molecule has 1 aromatic rings. The Labute approximate surface area is 119 Å². The number of hydrogen-bond acceptors (Lipinski definition) is 5. The topological polar surface area (TPSA) is 87.8 Å². The van der Waals surface area contributed by atoms with Gasteiger partial charge in [0.1, 0.15) is 0 Å². The molecule has 6 nitrogen and oxygen atoms in total. The smallest absolute Gasteiger partial charge is 0.238 e. The molecule has 0 radical (unpaired) electrons. The molecule has 20 heavy (non-hydrogen) atoms. The van der Waals surface area contributed by atoms with Crippen LogP contribution >= 0.6 is 0 Å². The van der Waals surface area contributed by atoms with Gasteiger partial charge in [-0.25, -0.2) is 13.6 Å². The van der Waals surface area contributed by atoms with Crippen molar-refractivity contribution in [2.75, 3.05) is 20.1 Å². The monoisotopic (exact) mass is 296 g/mol. The average molecular weight is 296 g/mol.